The van der Waals surface area contributed by atoms with E-state index in [1.165, 1.54) is 39.9 Å². The summed E-state index contributed by atoms with van der Waals surface area (Å²) in [5, 5.41) is 51.5. The number of hydrogen-bond donors (Lipinski definition) is 13. The molecule has 3 amide bonds. The number of benzene rings is 1. The largest absolute Gasteiger partial charge is 0.492 e. The summed E-state index contributed by atoms with van der Waals surface area (Å²) in [4.78, 5) is 184. The van der Waals surface area contributed by atoms with Crippen molar-refractivity contribution >= 4 is 106 Å². The van der Waals surface area contributed by atoms with Crippen LogP contribution < -0.4 is 71.4 Å². The van der Waals surface area contributed by atoms with Gasteiger partial charge in [-0.25, -0.2) is 56.2 Å². The zero-order valence-corrected chi connectivity index (χ0v) is 84.5. The summed E-state index contributed by atoms with van der Waals surface area (Å²) in [7, 11) is -17.9. The number of alkyl halides is 1. The van der Waals surface area contributed by atoms with E-state index in [2.05, 4.69) is 70.6 Å². The van der Waals surface area contributed by atoms with Crippen molar-refractivity contribution < 1.29 is 191 Å². The lowest BCUT2D eigenvalue weighted by Gasteiger charge is -2.24. The van der Waals surface area contributed by atoms with Crippen LogP contribution in [0.15, 0.2) is 112 Å². The maximum Gasteiger partial charge on any atom is 0.492 e. The van der Waals surface area contributed by atoms with Gasteiger partial charge in [0.1, 0.15) is 84.8 Å². The Morgan fingerprint density at radius 1 is 0.503 bits per heavy atom. The van der Waals surface area contributed by atoms with E-state index < -0.39 is 221 Å². The molecule has 70 heteroatoms. The number of alkyl carbamates (subject to hydrolysis) is 1. The summed E-state index contributed by atoms with van der Waals surface area (Å²) in [5.74, 6) is -3.41. The molecule has 0 aliphatic carbocycles. The summed E-state index contributed by atoms with van der Waals surface area (Å²) >= 11 is 5.47. The van der Waals surface area contributed by atoms with Gasteiger partial charge < -0.3 is 79.4 Å². The van der Waals surface area contributed by atoms with Gasteiger partial charge in [-0.2, -0.15) is 22.3 Å². The van der Waals surface area contributed by atoms with Gasteiger partial charge in [0.2, 0.25) is 5.91 Å². The summed E-state index contributed by atoms with van der Waals surface area (Å²) in [6, 6.07) is 11.3. The molecule has 6 aliphatic heterocycles. The van der Waals surface area contributed by atoms with Crippen molar-refractivity contribution in [2.24, 2.45) is 5.73 Å². The van der Waals surface area contributed by atoms with Crippen LogP contribution in [-0.4, -0.2) is 289 Å². The zero-order chi connectivity index (χ0) is 107. The van der Waals surface area contributed by atoms with Crippen LogP contribution in [0, 0.1) is 5.41 Å². The maximum atomic E-state index is 13.0. The number of carbonyl (C=O) groups is 7. The average molecular weight is 2190 g/mol. The van der Waals surface area contributed by atoms with Crippen molar-refractivity contribution in [2.75, 3.05) is 117 Å². The number of rotatable bonds is 41. The number of imide groups is 1. The molecule has 5 aromatic rings. The maximum absolute atomic E-state index is 13.0. The van der Waals surface area contributed by atoms with Gasteiger partial charge in [0.15, 0.2) is 0 Å². The van der Waals surface area contributed by atoms with Crippen molar-refractivity contribution in [3.8, 4) is 5.75 Å². The summed E-state index contributed by atoms with van der Waals surface area (Å²) in [6.07, 6.45) is -5.98. The first-order valence-electron chi connectivity index (χ1n) is 41.6. The number of cyclic esters (lactones) is 1. The van der Waals surface area contributed by atoms with Crippen LogP contribution in [0.2, 0.25) is 0 Å². The fourth-order valence-electron chi connectivity index (χ4n) is 11.9. The molecular weight excluding hydrogens is 2080 g/mol. The molecule has 5 saturated heterocycles. The van der Waals surface area contributed by atoms with E-state index in [1.54, 1.807) is 38.4 Å². The minimum atomic E-state index is -4.96. The van der Waals surface area contributed by atoms with E-state index in [1.807, 2.05) is 24.1 Å². The first-order chi connectivity index (χ1) is 67.4. The molecule has 14 N–H and O–H groups in total. The van der Waals surface area contributed by atoms with Crippen LogP contribution in [0.3, 0.4) is 0 Å². The number of hydroxylamine groups is 2. The number of aliphatic hydroxyl groups excluding tert-OH is 3. The number of phosphoric acid groups is 6. The molecular formula is C73H111ClN14O49P6. The number of ether oxygens (including phenoxy) is 9. The van der Waals surface area contributed by atoms with Crippen LogP contribution in [0.25, 0.3) is 0 Å². The number of aliphatic hydroxyl groups is 3. The van der Waals surface area contributed by atoms with Crippen molar-refractivity contribution in [1.82, 2.24) is 59.2 Å². The molecule has 63 nitrogen and oxygen atoms in total. The lowest BCUT2D eigenvalue weighted by Crippen LogP contribution is -2.37. The number of aromatic amines is 4. The molecule has 6 aliphatic rings. The zero-order valence-electron chi connectivity index (χ0n) is 78.4. The van der Waals surface area contributed by atoms with Crippen molar-refractivity contribution in [3.63, 3.8) is 0 Å². The normalized spacial score (nSPS) is 22.7. The number of nitrogens with zero attached hydrogens (tertiary/aromatic N) is 5. The molecule has 9 unspecified atom stereocenters. The van der Waals surface area contributed by atoms with E-state index in [4.69, 9.17) is 97.9 Å². The van der Waals surface area contributed by atoms with E-state index in [-0.39, 0.29) is 82.6 Å². The summed E-state index contributed by atoms with van der Waals surface area (Å²) < 4.78 is 194. The van der Waals surface area contributed by atoms with Crippen molar-refractivity contribution in [2.45, 2.75) is 164 Å². The Morgan fingerprint density at radius 3 is 1.21 bits per heavy atom. The Balaban J connectivity index is 0.000000314. The number of fused-ring (bicyclic) bond motifs is 1. The number of amidine groups is 1. The summed E-state index contributed by atoms with van der Waals surface area (Å²) in [5.41, 5.74) is 0.620. The molecule has 10 heterocycles. The number of H-pyrrole nitrogens is 4. The number of aliphatic carboxylic acids is 1. The second-order valence-corrected chi connectivity index (χ2v) is 40.7. The number of carboxylic acid groups (broad SMARTS) is 1. The third-order valence-corrected chi connectivity index (χ3v) is 29.7. The number of aromatic nitrogens is 8. The molecule has 17 atom stereocenters. The van der Waals surface area contributed by atoms with Crippen LogP contribution in [-0.2, 0) is 157 Å². The highest BCUT2D eigenvalue weighted by Crippen LogP contribution is 2.74. The average Bonchev–Trinajstić information content (AvgIpc) is 1.66. The Morgan fingerprint density at radius 2 is 0.867 bits per heavy atom. The minimum Gasteiger partial charge on any atom is -0.481 e. The predicted octanol–water partition coefficient (Wildman–Crippen LogP) is 1.35. The number of phosphoric ester groups is 4. The fourth-order valence-corrected chi connectivity index (χ4v) is 20.9. The van der Waals surface area contributed by atoms with Gasteiger partial charge in [-0.05, 0) is 51.7 Å². The molecule has 5 fully saturated rings. The highest BCUT2D eigenvalue weighted by atomic mass is 35.5. The smallest absolute Gasteiger partial charge is 0.481 e. The third-order valence-electron chi connectivity index (χ3n) is 18.6. The molecule has 0 bridgehead atoms. The van der Waals surface area contributed by atoms with Crippen molar-refractivity contribution in [1.29, 1.82) is 5.41 Å². The summed E-state index contributed by atoms with van der Waals surface area (Å²) in [6.45, 7) is 3.72. The molecule has 0 saturated carbocycles. The van der Waals surface area contributed by atoms with Crippen LogP contribution in [0.1, 0.15) is 114 Å². The number of carbonyl (C=O) groups excluding carboxylic acids is 6. The first-order valence-corrected chi connectivity index (χ1v) is 50.8. The molecule has 1 aromatic carbocycles. The molecule has 804 valence electrons. The number of hydrogen-bond acceptors (Lipinski definition) is 52. The van der Waals surface area contributed by atoms with E-state index >= 15 is 0 Å². The minimum absolute atomic E-state index is 0.00219. The van der Waals surface area contributed by atoms with Gasteiger partial charge in [0.25, 0.3) is 28.1 Å². The van der Waals surface area contributed by atoms with E-state index in [0.717, 1.165) is 96.3 Å². The Bertz CT molecular complexity index is 5870. The molecule has 11 rings (SSSR count). The Labute approximate surface area is 813 Å². The topological polar surface area (TPSA) is 833 Å². The third kappa shape index (κ3) is 39.9. The molecule has 143 heavy (non-hydrogen) atoms. The quantitative estimate of drug-likeness (QED) is 0.0114. The molecule has 4 aromatic heterocycles. The number of nitrogens with two attached hydrogens (primary N) is 1. The second-order valence-electron chi connectivity index (χ2n) is 28.9. The number of esters is 3. The number of carboxylic acids is 1. The van der Waals surface area contributed by atoms with Gasteiger partial charge in [0.05, 0.1) is 57.9 Å². The number of halogens is 1. The first kappa shape index (κ1) is 124. The predicted molar refractivity (Wildman–Crippen MR) is 482 cm³/mol. The van der Waals surface area contributed by atoms with Crippen LogP contribution in [0.5, 0.6) is 5.75 Å². The van der Waals surface area contributed by atoms with Gasteiger partial charge in [-0.3, -0.25) is 142 Å². The van der Waals surface area contributed by atoms with Gasteiger partial charge in [-0.15, -0.1) is 0 Å². The highest BCUT2D eigenvalue weighted by Gasteiger charge is 2.51. The monoisotopic (exact) mass is 2190 g/mol. The van der Waals surface area contributed by atoms with Gasteiger partial charge in [-0.1, -0.05) is 12.1 Å². The number of para-hydroxylation sites is 1. The highest BCUT2D eigenvalue weighted by molar-refractivity contribution is 7.68. The second kappa shape index (κ2) is 59.2. The number of nitrogens with one attached hydrogen (secondary N) is 8. The lowest BCUT2D eigenvalue weighted by atomic mass is 10.2. The van der Waals surface area contributed by atoms with Crippen molar-refractivity contribution in [3.05, 3.63) is 162 Å². The number of amides is 3. The molecule has 0 spiro atoms. The molecule has 0 radical (unpaired) electrons. The Kier molecular flexibility index (Phi) is 51.3. The van der Waals surface area contributed by atoms with Gasteiger partial charge >= 0.3 is 105 Å². The van der Waals surface area contributed by atoms with Gasteiger partial charge in [0, 0.05) is 171 Å². The van der Waals surface area contributed by atoms with E-state index in [0.29, 0.717) is 37.2 Å². The van der Waals surface area contributed by atoms with Crippen LogP contribution >= 0.6 is 58.5 Å². The Hall–Kier alpha value is -9.63. The fraction of sp³-hybridized carbons (Fsp3) is 0.589. The van der Waals surface area contributed by atoms with Crippen LogP contribution in [0.4, 0.5) is 4.79 Å². The SMILES string of the molecule is CC(C)ON1C(=N)CCC1=O.CNCCC(=O)O.CNCCC(=O)OC1C[C@H](n2ccc(=O)[nH]c2=O)O[C@@H]1CO.COP(=O)(OC)OP(=O)(OC)OP(=O)(OC)OC[C@H]1O[C@@H](n2ccc(=O)[nH]c2=O)CC1OC(=O)CCN.COP(=O)(OC)OP(=O)(OC)OP(=O)(OC)OC[C@H]1O[C@@H](n2ccc(=O)[nH]c2=O)CC1OC(=O)NC(C)=O.O=C1OC(Cl)Oc2ccccc21.O=c1ccn([C@H]2CC(O)[C@@H](CO)O2)c(=O)[nH]1. The lowest BCUT2D eigenvalue weighted by molar-refractivity contribution is -0.169. The standard InChI is InChI=1S/C16H26N3O16P3.C16H28N3O15P3.C13H19N3O6.C9H12N2O5.C8H5ClO3.C7H12N2O2.C4H9NO2/c1-10(20)17-16(23)33-11-8-14(19-7-6-13(21)18-15(19)22)32-12(11)9-31-37(25,29-4)35-38(26,30-5)34-36(24,27-2)28-3;1-26-35(23,27-2)33-37(25,29-4)34-36(24,28-3)30-10-12-11(32-15(21)5-7-17)9-14(31-12)19-8-6-13(20)18-16(19)22;1-14-4-2-12(19)22-8-6-11(21-9(8)7-17)16-5-3-10(18)15-13(16)20;12-4-6-5(13)3-8(16-6)11-2-1-7(14)10-9(11)15;9-8-11-6-4-2-1-3-5(6)7(10)12-8;1-5(2)11-9-6(8)3-4-7(9)10;1-5-3-2-4(6)7/h6-7,11-12,14H,8-9H2,1-5H3,(H,17,20,23)(H,18,21,22);6,8,11-12,14H,5,7,9-10,17H2,1-4H3,(H,18,20,22);3,5,8-9,11,14,17H,2,4,6-7H2,1H3,(H,15,18,20);1-2,5-6,8,12-13H,3-4H2,(H,10,14,15);1-4,8H;5,8H,3-4H2,1-2H3;5H,2-3H2,1H3,(H,6,7)/t11?,12-,14-,37?,38?;11?,12-,14-,36?,37?;8?,9-,11-;5?,6-,8-;;;/m1111.../s1. The van der Waals surface area contributed by atoms with E-state index in [9.17, 15) is 110 Å².